The van der Waals surface area contributed by atoms with Crippen molar-refractivity contribution in [2.45, 2.75) is 107 Å². The molecule has 3 heterocycles. The van der Waals surface area contributed by atoms with Gasteiger partial charge in [0.05, 0.1) is 24.9 Å². The maximum absolute atomic E-state index is 13.2. The second-order valence-corrected chi connectivity index (χ2v) is 12.7. The molecule has 2 aromatic rings. The molecule has 9 atom stereocenters. The quantitative estimate of drug-likeness (QED) is 0.188. The molecule has 1 saturated carbocycles. The molecule has 44 heavy (non-hydrogen) atoms. The fourth-order valence-electron chi connectivity index (χ4n) is 8.01. The van der Waals surface area contributed by atoms with Crippen LogP contribution in [0.1, 0.15) is 74.0 Å². The topological polar surface area (TPSA) is 197 Å². The third-order valence-electron chi connectivity index (χ3n) is 10.1. The van der Waals surface area contributed by atoms with Crippen LogP contribution in [-0.2, 0) is 25.5 Å². The molecule has 1 aromatic carbocycles. The Morgan fingerprint density at radius 2 is 1.82 bits per heavy atom. The second-order valence-electron chi connectivity index (χ2n) is 12.7. The molecular formula is C31H39NO12. The van der Waals surface area contributed by atoms with Gasteiger partial charge in [-0.05, 0) is 63.4 Å². The molecule has 1 amide bonds. The van der Waals surface area contributed by atoms with Crippen LogP contribution in [0.3, 0.4) is 0 Å². The average molecular weight is 618 g/mol. The summed E-state index contributed by atoms with van der Waals surface area (Å²) in [5.74, 6) is -1.25. The van der Waals surface area contributed by atoms with Crippen LogP contribution in [0.4, 0.5) is 0 Å². The molecule has 3 fully saturated rings. The maximum Gasteiger partial charge on any atom is 0.309 e. The van der Waals surface area contributed by atoms with E-state index >= 15 is 0 Å². The Kier molecular flexibility index (Phi) is 7.74. The predicted molar refractivity (Wildman–Crippen MR) is 150 cm³/mol. The van der Waals surface area contributed by atoms with Crippen molar-refractivity contribution in [1.82, 2.24) is 5.32 Å². The molecule has 0 bridgehead atoms. The SMILES string of the molecule is CCOC(=O)[C@@H]1Cc2c(O[C@@H]3O[C@H](C(O)O)[C@@H](O)[C@H](O)[C@H]3O)c(OC3CCCC3)c3occ4c3c2[C@@H](C1)C[C@H]1C(=O)NC[C@H]41. The molecule has 0 radical (unpaired) electrons. The summed E-state index contributed by atoms with van der Waals surface area (Å²) in [6.45, 7) is 2.41. The molecule has 5 aliphatic rings. The van der Waals surface area contributed by atoms with Crippen LogP contribution < -0.4 is 14.8 Å². The third kappa shape index (κ3) is 4.76. The van der Waals surface area contributed by atoms with Crippen LogP contribution in [0.5, 0.6) is 11.5 Å². The highest BCUT2D eigenvalue weighted by atomic mass is 16.7. The Balaban J connectivity index is 1.42. The van der Waals surface area contributed by atoms with E-state index in [0.717, 1.165) is 42.2 Å². The number of amides is 1. The summed E-state index contributed by atoms with van der Waals surface area (Å²) < 4.78 is 30.3. The first kappa shape index (κ1) is 29.8. The van der Waals surface area contributed by atoms with E-state index in [9.17, 15) is 35.1 Å². The van der Waals surface area contributed by atoms with Gasteiger partial charge < -0.3 is 54.2 Å². The smallest absolute Gasteiger partial charge is 0.309 e. The number of aliphatic hydroxyl groups excluding tert-OH is 4. The van der Waals surface area contributed by atoms with Gasteiger partial charge in [-0.15, -0.1) is 0 Å². The van der Waals surface area contributed by atoms with Crippen molar-refractivity contribution in [3.8, 4) is 11.5 Å². The standard InChI is InChI=1S/C31H39NO12/c1-2-40-30(39)13-7-12-8-15-17(10-32-28(15)36)18-11-41-25-20(18)19(12)16(9-13)24(27(25)42-14-5-3-4-6-14)43-31-23(35)21(33)22(34)26(44-31)29(37)38/h11-15,17,21-23,26,29,31,33-35,37-38H,2-10H2,1H3,(H,32,36)/t12-,13-,15+,17-,21-,22-,23+,26-,31+/m0/s1. The number of rotatable bonds is 7. The van der Waals surface area contributed by atoms with E-state index in [-0.39, 0.29) is 60.3 Å². The zero-order chi connectivity index (χ0) is 30.9. The van der Waals surface area contributed by atoms with E-state index in [0.29, 0.717) is 30.5 Å². The largest absolute Gasteiger partial charge is 0.483 e. The minimum Gasteiger partial charge on any atom is -0.483 e. The van der Waals surface area contributed by atoms with Crippen LogP contribution in [0, 0.1) is 11.8 Å². The van der Waals surface area contributed by atoms with Gasteiger partial charge in [-0.3, -0.25) is 9.59 Å². The molecule has 3 aliphatic carbocycles. The summed E-state index contributed by atoms with van der Waals surface area (Å²) in [6, 6.07) is 0. The van der Waals surface area contributed by atoms with Crippen LogP contribution in [-0.4, -0.2) is 93.7 Å². The molecule has 6 N–H and O–H groups in total. The van der Waals surface area contributed by atoms with Crippen molar-refractivity contribution < 1.29 is 58.5 Å². The van der Waals surface area contributed by atoms with E-state index in [4.69, 9.17) is 23.4 Å². The number of carbonyl (C=O) groups is 2. The average Bonchev–Trinajstić information content (AvgIpc) is 3.73. The fraction of sp³-hybridized carbons (Fsp3) is 0.677. The summed E-state index contributed by atoms with van der Waals surface area (Å²) in [7, 11) is 0. The highest BCUT2D eigenvalue weighted by Gasteiger charge is 2.50. The first-order valence-electron chi connectivity index (χ1n) is 15.6. The summed E-state index contributed by atoms with van der Waals surface area (Å²) in [5.41, 5.74) is 2.81. The van der Waals surface area contributed by atoms with E-state index < -0.39 is 42.9 Å². The number of benzene rings is 1. The lowest BCUT2D eigenvalue weighted by Gasteiger charge is -2.41. The minimum absolute atomic E-state index is 0.0456. The first-order chi connectivity index (χ1) is 21.2. The second kappa shape index (κ2) is 11.5. The molecule has 1 aromatic heterocycles. The van der Waals surface area contributed by atoms with Gasteiger partial charge in [0.2, 0.25) is 17.9 Å². The summed E-state index contributed by atoms with van der Waals surface area (Å²) in [5, 5.41) is 55.3. The number of esters is 1. The maximum atomic E-state index is 13.2. The van der Waals surface area contributed by atoms with Gasteiger partial charge in [0.1, 0.15) is 24.4 Å². The minimum atomic E-state index is -2.17. The van der Waals surface area contributed by atoms with Crippen LogP contribution >= 0.6 is 0 Å². The molecule has 2 aliphatic heterocycles. The number of hydrogen-bond donors (Lipinski definition) is 6. The van der Waals surface area contributed by atoms with E-state index in [1.807, 2.05) is 0 Å². The number of carbonyl (C=O) groups excluding carboxylic acids is 2. The van der Waals surface area contributed by atoms with E-state index in [1.54, 1.807) is 13.2 Å². The number of aliphatic hydroxyl groups is 5. The molecule has 7 rings (SSSR count). The number of fused-ring (bicyclic) bond motifs is 2. The summed E-state index contributed by atoms with van der Waals surface area (Å²) in [4.78, 5) is 26.2. The Morgan fingerprint density at radius 3 is 2.55 bits per heavy atom. The van der Waals surface area contributed by atoms with E-state index in [1.165, 1.54) is 0 Å². The number of nitrogens with one attached hydrogen (secondary N) is 1. The zero-order valence-corrected chi connectivity index (χ0v) is 24.4. The van der Waals surface area contributed by atoms with Gasteiger partial charge in [0.15, 0.2) is 17.6 Å². The summed E-state index contributed by atoms with van der Waals surface area (Å²) in [6.07, 6.45) is -4.62. The lowest BCUT2D eigenvalue weighted by Crippen LogP contribution is -2.62. The Bertz CT molecular complexity index is 1430. The highest BCUT2D eigenvalue weighted by molar-refractivity contribution is 5.97. The Labute approximate surface area is 253 Å². The number of furan rings is 1. The van der Waals surface area contributed by atoms with Gasteiger partial charge in [0.25, 0.3) is 0 Å². The van der Waals surface area contributed by atoms with Crippen molar-refractivity contribution in [3.05, 3.63) is 23.0 Å². The predicted octanol–water partition coefficient (Wildman–Crippen LogP) is 0.694. The highest BCUT2D eigenvalue weighted by Crippen LogP contribution is 2.57. The van der Waals surface area contributed by atoms with Gasteiger partial charge in [-0.25, -0.2) is 0 Å². The lowest BCUT2D eigenvalue weighted by molar-refractivity contribution is -0.310. The van der Waals surface area contributed by atoms with Crippen molar-refractivity contribution in [2.75, 3.05) is 13.2 Å². The zero-order valence-electron chi connectivity index (χ0n) is 24.4. The normalized spacial score (nSPS) is 35.0. The van der Waals surface area contributed by atoms with Gasteiger partial charge in [-0.1, -0.05) is 0 Å². The van der Waals surface area contributed by atoms with Crippen molar-refractivity contribution in [1.29, 1.82) is 0 Å². The first-order valence-corrected chi connectivity index (χ1v) is 15.6. The van der Waals surface area contributed by atoms with Gasteiger partial charge in [0, 0.05) is 34.9 Å². The van der Waals surface area contributed by atoms with E-state index in [2.05, 4.69) is 5.32 Å². The third-order valence-corrected chi connectivity index (χ3v) is 10.1. The van der Waals surface area contributed by atoms with Crippen molar-refractivity contribution in [2.24, 2.45) is 11.8 Å². The Hall–Kier alpha value is -2.94. The van der Waals surface area contributed by atoms with Gasteiger partial charge >= 0.3 is 5.97 Å². The molecule has 2 saturated heterocycles. The molecular weight excluding hydrogens is 578 g/mol. The van der Waals surface area contributed by atoms with Crippen LogP contribution in [0.15, 0.2) is 10.7 Å². The molecule has 0 unspecified atom stereocenters. The molecule has 13 nitrogen and oxygen atoms in total. The molecule has 0 spiro atoms. The van der Waals surface area contributed by atoms with Crippen molar-refractivity contribution >= 4 is 22.8 Å². The van der Waals surface area contributed by atoms with Crippen molar-refractivity contribution in [3.63, 3.8) is 0 Å². The molecule has 13 heteroatoms. The van der Waals surface area contributed by atoms with Crippen LogP contribution in [0.2, 0.25) is 0 Å². The Morgan fingerprint density at radius 1 is 1.05 bits per heavy atom. The molecule has 240 valence electrons. The summed E-state index contributed by atoms with van der Waals surface area (Å²) >= 11 is 0. The van der Waals surface area contributed by atoms with Crippen LogP contribution in [0.25, 0.3) is 11.0 Å². The monoisotopic (exact) mass is 617 g/mol. The number of ether oxygens (including phenoxy) is 4. The fourth-order valence-corrected chi connectivity index (χ4v) is 8.01. The lowest BCUT2D eigenvalue weighted by atomic mass is 9.72. The number of hydrogen-bond acceptors (Lipinski definition) is 12. The van der Waals surface area contributed by atoms with Gasteiger partial charge in [-0.2, -0.15) is 0 Å².